The summed E-state index contributed by atoms with van der Waals surface area (Å²) < 4.78 is 13.1. The number of rotatable bonds is 6. The molecule has 0 radical (unpaired) electrons. The van der Waals surface area contributed by atoms with Crippen LogP contribution in [0.15, 0.2) is 72.8 Å². The summed E-state index contributed by atoms with van der Waals surface area (Å²) in [5.74, 6) is -3.78. The number of benzene rings is 3. The Morgan fingerprint density at radius 3 is 2.44 bits per heavy atom. The van der Waals surface area contributed by atoms with Crippen molar-refractivity contribution in [3.63, 3.8) is 0 Å². The Hall–Kier alpha value is -3.55. The van der Waals surface area contributed by atoms with Gasteiger partial charge in [0.1, 0.15) is 18.3 Å². The lowest BCUT2D eigenvalue weighted by molar-refractivity contribution is -0.177. The summed E-state index contributed by atoms with van der Waals surface area (Å²) in [6, 6.07) is 19.1. The Kier molecular flexibility index (Phi) is 6.30. The highest BCUT2D eigenvalue weighted by molar-refractivity contribution is 6.31. The minimum atomic E-state index is -1.30. The number of amides is 3. The average molecular weight is 453 g/mol. The van der Waals surface area contributed by atoms with Crippen molar-refractivity contribution in [2.24, 2.45) is 0 Å². The Labute approximate surface area is 188 Å². The first kappa shape index (κ1) is 21.7. The number of nitrogens with zero attached hydrogens (tertiary/aromatic N) is 1. The molecule has 0 aromatic heterocycles. The van der Waals surface area contributed by atoms with Gasteiger partial charge in [-0.2, -0.15) is 0 Å². The van der Waals surface area contributed by atoms with Crippen LogP contribution >= 0.6 is 11.6 Å². The lowest BCUT2D eigenvalue weighted by atomic mass is 9.88. The number of nitrogens with one attached hydrogen (secondary N) is 1. The summed E-state index contributed by atoms with van der Waals surface area (Å²) in [5, 5.41) is 3.58. The fourth-order valence-corrected chi connectivity index (χ4v) is 3.58. The van der Waals surface area contributed by atoms with E-state index in [9.17, 15) is 18.8 Å². The summed E-state index contributed by atoms with van der Waals surface area (Å²) in [4.78, 5) is 44.6. The monoisotopic (exact) mass is 452 g/mol. The van der Waals surface area contributed by atoms with Gasteiger partial charge < -0.3 is 5.32 Å². The summed E-state index contributed by atoms with van der Waals surface area (Å²) >= 11 is 6.05. The van der Waals surface area contributed by atoms with Crippen LogP contribution in [0, 0.1) is 5.82 Å². The van der Waals surface area contributed by atoms with Crippen molar-refractivity contribution in [2.75, 3.05) is 0 Å². The van der Waals surface area contributed by atoms with Crippen LogP contribution in [0.4, 0.5) is 4.39 Å². The third kappa shape index (κ3) is 4.54. The number of imide groups is 1. The van der Waals surface area contributed by atoms with Crippen molar-refractivity contribution in [3.05, 3.63) is 106 Å². The van der Waals surface area contributed by atoms with E-state index in [1.807, 2.05) is 6.07 Å². The van der Waals surface area contributed by atoms with Crippen LogP contribution < -0.4 is 5.32 Å². The normalized spacial score (nSPS) is 15.4. The highest BCUT2D eigenvalue weighted by Gasteiger charge is 2.43. The van der Waals surface area contributed by atoms with Gasteiger partial charge in [-0.25, -0.2) is 4.39 Å². The van der Waals surface area contributed by atoms with E-state index in [0.717, 1.165) is 5.56 Å². The van der Waals surface area contributed by atoms with Gasteiger partial charge in [0, 0.05) is 17.1 Å². The van der Waals surface area contributed by atoms with E-state index in [1.165, 1.54) is 42.5 Å². The van der Waals surface area contributed by atoms with Gasteiger partial charge in [-0.1, -0.05) is 60.1 Å². The molecule has 0 saturated carbocycles. The smallest absolute Gasteiger partial charge is 0.285 e. The lowest BCUT2D eigenvalue weighted by Crippen LogP contribution is -2.49. The molecule has 32 heavy (non-hydrogen) atoms. The largest absolute Gasteiger partial charge is 0.351 e. The molecule has 0 spiro atoms. The minimum absolute atomic E-state index is 0.0296. The second-order valence-electron chi connectivity index (χ2n) is 7.21. The average Bonchev–Trinajstić information content (AvgIpc) is 2.80. The second kappa shape index (κ2) is 9.30. The molecular weight excluding hydrogens is 435 g/mol. The van der Waals surface area contributed by atoms with E-state index in [1.54, 1.807) is 24.3 Å². The molecule has 1 heterocycles. The summed E-state index contributed by atoms with van der Waals surface area (Å²) in [7, 11) is 0. The van der Waals surface area contributed by atoms with Crippen LogP contribution in [-0.4, -0.2) is 22.8 Å². The number of hydroxylamine groups is 2. The van der Waals surface area contributed by atoms with E-state index in [4.69, 9.17) is 16.4 Å². The predicted octanol–water partition coefficient (Wildman–Crippen LogP) is 3.99. The Bertz CT molecular complexity index is 1170. The van der Waals surface area contributed by atoms with Gasteiger partial charge in [-0.15, -0.1) is 5.06 Å². The molecular formula is C24H18ClFN2O4. The van der Waals surface area contributed by atoms with Crippen molar-refractivity contribution in [3.8, 4) is 0 Å². The predicted molar refractivity (Wildman–Crippen MR) is 115 cm³/mol. The second-order valence-corrected chi connectivity index (χ2v) is 7.64. The van der Waals surface area contributed by atoms with Crippen LogP contribution in [0.3, 0.4) is 0 Å². The Balaban J connectivity index is 1.58. The molecule has 1 N–H and O–H groups in total. The molecule has 1 aliphatic heterocycles. The van der Waals surface area contributed by atoms with Gasteiger partial charge in [0.15, 0.2) is 0 Å². The van der Waals surface area contributed by atoms with E-state index < -0.39 is 29.5 Å². The van der Waals surface area contributed by atoms with Crippen molar-refractivity contribution >= 4 is 29.3 Å². The number of carbonyl (C=O) groups is 3. The van der Waals surface area contributed by atoms with E-state index in [-0.39, 0.29) is 24.3 Å². The fourth-order valence-electron chi connectivity index (χ4n) is 3.41. The SMILES string of the molecule is O=C(NCc1ccc(F)cc1)C1C(=O)N(OCc2ccccc2)C(=O)c2cc(Cl)ccc21. The van der Waals surface area contributed by atoms with Crippen molar-refractivity contribution < 1.29 is 23.6 Å². The van der Waals surface area contributed by atoms with Crippen molar-refractivity contribution in [1.29, 1.82) is 0 Å². The molecule has 3 aromatic carbocycles. The van der Waals surface area contributed by atoms with Gasteiger partial charge in [0.25, 0.3) is 11.8 Å². The molecule has 3 aromatic rings. The van der Waals surface area contributed by atoms with Gasteiger partial charge in [-0.3, -0.25) is 19.2 Å². The molecule has 0 saturated heterocycles. The highest BCUT2D eigenvalue weighted by Crippen LogP contribution is 2.32. The first-order valence-corrected chi connectivity index (χ1v) is 10.2. The first-order chi connectivity index (χ1) is 15.4. The van der Waals surface area contributed by atoms with Crippen molar-refractivity contribution in [2.45, 2.75) is 19.1 Å². The standard InChI is InChI=1S/C24H18ClFN2O4/c25-17-8-11-19-20(12-17)23(30)28(32-14-16-4-2-1-3-5-16)24(31)21(19)22(29)27-13-15-6-9-18(26)10-7-15/h1-12,21H,13-14H2,(H,27,29). The molecule has 0 bridgehead atoms. The maximum absolute atomic E-state index is 13.1. The third-order valence-corrected chi connectivity index (χ3v) is 5.27. The maximum atomic E-state index is 13.1. The number of hydrogen-bond donors (Lipinski definition) is 1. The van der Waals surface area contributed by atoms with Crippen LogP contribution in [0.2, 0.25) is 5.02 Å². The van der Waals surface area contributed by atoms with Crippen LogP contribution in [0.5, 0.6) is 0 Å². The molecule has 1 aliphatic rings. The Morgan fingerprint density at radius 1 is 1.00 bits per heavy atom. The molecule has 0 aliphatic carbocycles. The molecule has 4 rings (SSSR count). The van der Waals surface area contributed by atoms with E-state index >= 15 is 0 Å². The van der Waals surface area contributed by atoms with Gasteiger partial charge >= 0.3 is 0 Å². The van der Waals surface area contributed by atoms with E-state index in [0.29, 0.717) is 15.6 Å². The van der Waals surface area contributed by atoms with Gasteiger partial charge in [-0.05, 0) is 41.0 Å². The van der Waals surface area contributed by atoms with Gasteiger partial charge in [0.05, 0.1) is 0 Å². The molecule has 3 amide bonds. The number of hydrogen-bond acceptors (Lipinski definition) is 4. The van der Waals surface area contributed by atoms with Crippen LogP contribution in [0.1, 0.15) is 33.0 Å². The number of carbonyl (C=O) groups excluding carboxylic acids is 3. The number of fused-ring (bicyclic) bond motifs is 1. The number of halogens is 2. The van der Waals surface area contributed by atoms with E-state index in [2.05, 4.69) is 5.32 Å². The fraction of sp³-hybridized carbons (Fsp3) is 0.125. The maximum Gasteiger partial charge on any atom is 0.285 e. The zero-order valence-electron chi connectivity index (χ0n) is 16.8. The summed E-state index contributed by atoms with van der Waals surface area (Å²) in [5.41, 5.74) is 1.78. The molecule has 162 valence electrons. The summed E-state index contributed by atoms with van der Waals surface area (Å²) in [6.07, 6.45) is 0. The minimum Gasteiger partial charge on any atom is -0.351 e. The third-order valence-electron chi connectivity index (χ3n) is 5.03. The molecule has 0 fully saturated rings. The zero-order valence-corrected chi connectivity index (χ0v) is 17.5. The first-order valence-electron chi connectivity index (χ1n) is 9.81. The Morgan fingerprint density at radius 2 is 1.72 bits per heavy atom. The highest BCUT2D eigenvalue weighted by atomic mass is 35.5. The lowest BCUT2D eigenvalue weighted by Gasteiger charge is -2.31. The molecule has 1 unspecified atom stereocenters. The van der Waals surface area contributed by atoms with Crippen LogP contribution in [0.25, 0.3) is 0 Å². The van der Waals surface area contributed by atoms with Gasteiger partial charge in [0.2, 0.25) is 5.91 Å². The quantitative estimate of drug-likeness (QED) is 0.453. The summed E-state index contributed by atoms with van der Waals surface area (Å²) in [6.45, 7) is 0.0583. The zero-order chi connectivity index (χ0) is 22.7. The molecule has 6 nitrogen and oxygen atoms in total. The van der Waals surface area contributed by atoms with Crippen molar-refractivity contribution in [1.82, 2.24) is 10.4 Å². The molecule has 1 atom stereocenters. The topological polar surface area (TPSA) is 75.7 Å². The van der Waals surface area contributed by atoms with Crippen LogP contribution in [-0.2, 0) is 27.6 Å². The molecule has 8 heteroatoms.